The van der Waals surface area contributed by atoms with Crippen LogP contribution in [0.25, 0.3) is 0 Å². The molecule has 148 valence electrons. The molecule has 6 nitrogen and oxygen atoms in total. The number of allylic oxidation sites excluding steroid dienone is 1. The van der Waals surface area contributed by atoms with Gasteiger partial charge >= 0.3 is 0 Å². The predicted molar refractivity (Wildman–Crippen MR) is 104 cm³/mol. The van der Waals surface area contributed by atoms with E-state index in [1.165, 1.54) is 0 Å². The van der Waals surface area contributed by atoms with Crippen molar-refractivity contribution in [1.82, 2.24) is 14.7 Å². The van der Waals surface area contributed by atoms with Gasteiger partial charge in [0.25, 0.3) is 0 Å². The summed E-state index contributed by atoms with van der Waals surface area (Å²) in [5.41, 5.74) is 0.946. The van der Waals surface area contributed by atoms with E-state index in [1.54, 1.807) is 20.8 Å². The van der Waals surface area contributed by atoms with E-state index >= 15 is 0 Å². The molecule has 0 bridgehead atoms. The van der Waals surface area contributed by atoms with Gasteiger partial charge < -0.3 is 14.7 Å². The molecule has 1 fully saturated rings. The first-order valence-corrected chi connectivity index (χ1v) is 9.74. The Kier molecular flexibility index (Phi) is 9.38. The summed E-state index contributed by atoms with van der Waals surface area (Å²) < 4.78 is 0. The van der Waals surface area contributed by atoms with Gasteiger partial charge in [-0.1, -0.05) is 26.3 Å². The maximum absolute atomic E-state index is 12.5. The van der Waals surface area contributed by atoms with Crippen LogP contribution in [-0.4, -0.2) is 71.7 Å². The van der Waals surface area contributed by atoms with Crippen molar-refractivity contribution in [1.29, 1.82) is 0 Å². The van der Waals surface area contributed by atoms with E-state index in [0.717, 1.165) is 12.0 Å². The van der Waals surface area contributed by atoms with Gasteiger partial charge in [0.1, 0.15) is 0 Å². The first-order chi connectivity index (χ1) is 12.2. The van der Waals surface area contributed by atoms with Crippen molar-refractivity contribution in [2.75, 3.05) is 39.3 Å². The molecule has 6 heteroatoms. The molecule has 1 heterocycles. The fraction of sp³-hybridized carbons (Fsp3) is 0.750. The first kappa shape index (κ1) is 22.2. The molecule has 26 heavy (non-hydrogen) atoms. The first-order valence-electron chi connectivity index (χ1n) is 9.74. The zero-order valence-electron chi connectivity index (χ0n) is 17.1. The molecule has 1 aliphatic rings. The Balaban J connectivity index is 2.94. The summed E-state index contributed by atoms with van der Waals surface area (Å²) >= 11 is 0. The number of amides is 3. The monoisotopic (exact) mass is 365 g/mol. The van der Waals surface area contributed by atoms with E-state index < -0.39 is 0 Å². The van der Waals surface area contributed by atoms with Crippen LogP contribution < -0.4 is 0 Å². The molecule has 0 N–H and O–H groups in total. The molecule has 0 aromatic heterocycles. The van der Waals surface area contributed by atoms with E-state index in [4.69, 9.17) is 0 Å². The molecule has 3 amide bonds. The summed E-state index contributed by atoms with van der Waals surface area (Å²) in [5, 5.41) is 0. The van der Waals surface area contributed by atoms with Crippen LogP contribution in [0.5, 0.6) is 0 Å². The largest absolute Gasteiger partial charge is 0.339 e. The minimum Gasteiger partial charge on any atom is -0.339 e. The van der Waals surface area contributed by atoms with Crippen LogP contribution in [0, 0.1) is 5.92 Å². The lowest BCUT2D eigenvalue weighted by molar-refractivity contribution is -0.135. The highest BCUT2D eigenvalue weighted by molar-refractivity contribution is 5.88. The Morgan fingerprint density at radius 3 is 1.73 bits per heavy atom. The molecule has 0 spiro atoms. The van der Waals surface area contributed by atoms with E-state index in [2.05, 4.69) is 0 Å². The molecular formula is C20H35N3O3. The highest BCUT2D eigenvalue weighted by Gasteiger charge is 2.23. The van der Waals surface area contributed by atoms with Crippen LogP contribution in [0.1, 0.15) is 53.9 Å². The van der Waals surface area contributed by atoms with Crippen LogP contribution in [0.3, 0.4) is 0 Å². The summed E-state index contributed by atoms with van der Waals surface area (Å²) in [6, 6.07) is 0. The number of hydrogen-bond acceptors (Lipinski definition) is 3. The van der Waals surface area contributed by atoms with Gasteiger partial charge in [-0.2, -0.15) is 0 Å². The Morgan fingerprint density at radius 1 is 0.846 bits per heavy atom. The van der Waals surface area contributed by atoms with Gasteiger partial charge in [0, 0.05) is 58.2 Å². The van der Waals surface area contributed by atoms with Crippen molar-refractivity contribution >= 4 is 17.7 Å². The zero-order chi connectivity index (χ0) is 19.7. The zero-order valence-corrected chi connectivity index (χ0v) is 17.1. The summed E-state index contributed by atoms with van der Waals surface area (Å²) in [6.07, 6.45) is 3.41. The van der Waals surface area contributed by atoms with Gasteiger partial charge in [-0.15, -0.1) is 0 Å². The average Bonchev–Trinajstić information content (AvgIpc) is 2.63. The van der Waals surface area contributed by atoms with Crippen LogP contribution in [0.4, 0.5) is 0 Å². The maximum atomic E-state index is 12.5. The number of nitrogens with zero attached hydrogens (tertiary/aromatic N) is 3. The summed E-state index contributed by atoms with van der Waals surface area (Å²) in [5.74, 6) is 0.432. The van der Waals surface area contributed by atoms with E-state index in [9.17, 15) is 14.4 Å². The van der Waals surface area contributed by atoms with Gasteiger partial charge in [0.2, 0.25) is 17.7 Å². The van der Waals surface area contributed by atoms with Crippen molar-refractivity contribution in [3.05, 3.63) is 11.6 Å². The van der Waals surface area contributed by atoms with Crippen LogP contribution in [0.2, 0.25) is 0 Å². The summed E-state index contributed by atoms with van der Waals surface area (Å²) in [7, 11) is 0. The molecule has 0 aromatic rings. The lowest BCUT2D eigenvalue weighted by Crippen LogP contribution is -2.41. The van der Waals surface area contributed by atoms with Crippen molar-refractivity contribution in [2.24, 2.45) is 5.92 Å². The Morgan fingerprint density at radius 2 is 1.31 bits per heavy atom. The summed E-state index contributed by atoms with van der Waals surface area (Å²) in [4.78, 5) is 42.8. The topological polar surface area (TPSA) is 60.9 Å². The Bertz CT molecular complexity index is 524. The number of rotatable bonds is 5. The molecule has 0 saturated carbocycles. The van der Waals surface area contributed by atoms with Gasteiger partial charge in [0.05, 0.1) is 0 Å². The molecule has 0 atom stereocenters. The van der Waals surface area contributed by atoms with Crippen LogP contribution in [0.15, 0.2) is 11.6 Å². The van der Waals surface area contributed by atoms with Crippen LogP contribution >= 0.6 is 0 Å². The van der Waals surface area contributed by atoms with Crippen LogP contribution in [-0.2, 0) is 14.4 Å². The summed E-state index contributed by atoms with van der Waals surface area (Å²) in [6.45, 7) is 12.9. The van der Waals surface area contributed by atoms with Gasteiger partial charge in [-0.25, -0.2) is 0 Å². The highest BCUT2D eigenvalue weighted by Crippen LogP contribution is 2.09. The minimum atomic E-state index is -0.0500. The molecule has 0 unspecified atom stereocenters. The molecular weight excluding hydrogens is 330 g/mol. The third-order valence-corrected chi connectivity index (χ3v) is 4.40. The third-order valence-electron chi connectivity index (χ3n) is 4.40. The number of carbonyl (C=O) groups excluding carboxylic acids is 3. The second-order valence-electron chi connectivity index (χ2n) is 7.66. The normalized spacial score (nSPS) is 16.0. The maximum Gasteiger partial charge on any atom is 0.246 e. The number of carbonyl (C=O) groups is 3. The fourth-order valence-electron chi connectivity index (χ4n) is 2.97. The lowest BCUT2D eigenvalue weighted by Gasteiger charge is -2.26. The minimum absolute atomic E-state index is 0.0500. The average molecular weight is 366 g/mol. The smallest absolute Gasteiger partial charge is 0.246 e. The Hall–Kier alpha value is -1.85. The molecule has 1 aliphatic heterocycles. The lowest BCUT2D eigenvalue weighted by atomic mass is 10.1. The second-order valence-corrected chi connectivity index (χ2v) is 7.66. The third kappa shape index (κ3) is 7.58. The standard InChI is InChI=1S/C20H35N3O3/c1-6-7-18(24)21-8-10-22(19(25)14-16(2)3)12-13-23(11-9-21)20(26)15-17(4)5/h14,17H,6-13,15H2,1-5H3. The number of hydrogen-bond donors (Lipinski definition) is 0. The molecule has 1 rings (SSSR count). The molecule has 1 saturated heterocycles. The van der Waals surface area contributed by atoms with E-state index in [0.29, 0.717) is 52.1 Å². The molecule has 0 aromatic carbocycles. The van der Waals surface area contributed by atoms with Crippen molar-refractivity contribution in [2.45, 2.75) is 53.9 Å². The SMILES string of the molecule is CCCC(=O)N1CCN(C(=O)C=C(C)C)CCN(C(=O)CC(C)C)CC1. The van der Waals surface area contributed by atoms with E-state index in [1.807, 2.05) is 34.6 Å². The highest BCUT2D eigenvalue weighted by atomic mass is 16.2. The molecule has 0 radical (unpaired) electrons. The van der Waals surface area contributed by atoms with Gasteiger partial charge in [-0.05, 0) is 26.2 Å². The second kappa shape index (κ2) is 11.0. The van der Waals surface area contributed by atoms with Crippen molar-refractivity contribution in [3.63, 3.8) is 0 Å². The van der Waals surface area contributed by atoms with Crippen molar-refractivity contribution in [3.8, 4) is 0 Å². The fourth-order valence-corrected chi connectivity index (χ4v) is 2.97. The van der Waals surface area contributed by atoms with Crippen molar-refractivity contribution < 1.29 is 14.4 Å². The van der Waals surface area contributed by atoms with Gasteiger partial charge in [0.15, 0.2) is 0 Å². The van der Waals surface area contributed by atoms with Gasteiger partial charge in [-0.3, -0.25) is 14.4 Å². The Labute approximate surface area is 158 Å². The quantitative estimate of drug-likeness (QED) is 0.703. The molecule has 0 aliphatic carbocycles. The van der Waals surface area contributed by atoms with E-state index in [-0.39, 0.29) is 23.6 Å². The predicted octanol–water partition coefficient (Wildman–Crippen LogP) is 2.30.